The van der Waals surface area contributed by atoms with E-state index in [1.165, 1.54) is 19.3 Å². The van der Waals surface area contributed by atoms with Gasteiger partial charge in [0.1, 0.15) is 5.75 Å². The Kier molecular flexibility index (Phi) is 3.98. The summed E-state index contributed by atoms with van der Waals surface area (Å²) in [6, 6.07) is 5.15. The van der Waals surface area contributed by atoms with Gasteiger partial charge in [0, 0.05) is 23.9 Å². The van der Waals surface area contributed by atoms with Gasteiger partial charge in [-0.15, -0.1) is 0 Å². The lowest BCUT2D eigenvalue weighted by Crippen LogP contribution is -2.39. The van der Waals surface area contributed by atoms with Crippen molar-refractivity contribution in [2.45, 2.75) is 33.1 Å². The van der Waals surface area contributed by atoms with Crippen LogP contribution < -0.4 is 15.8 Å². The Balaban J connectivity index is 2.01. The lowest BCUT2D eigenvalue weighted by molar-refractivity contribution is 0.0890. The van der Waals surface area contributed by atoms with Gasteiger partial charge < -0.3 is 15.8 Å². The van der Waals surface area contributed by atoms with Gasteiger partial charge in [0.05, 0.1) is 6.61 Å². The Bertz CT molecular complexity index is 467. The Morgan fingerprint density at radius 1 is 1.42 bits per heavy atom. The van der Waals surface area contributed by atoms with Crippen molar-refractivity contribution in [2.75, 3.05) is 18.9 Å². The van der Waals surface area contributed by atoms with Crippen LogP contribution in [0.2, 0.25) is 0 Å². The van der Waals surface area contributed by atoms with Gasteiger partial charge in [-0.1, -0.05) is 13.3 Å². The van der Waals surface area contributed by atoms with Crippen molar-refractivity contribution in [3.8, 4) is 5.75 Å². The zero-order chi connectivity index (χ0) is 13.9. The van der Waals surface area contributed by atoms with Crippen molar-refractivity contribution < 1.29 is 9.53 Å². The number of benzene rings is 1. The number of ether oxygens (including phenoxy) is 1. The van der Waals surface area contributed by atoms with Crippen LogP contribution in [-0.2, 0) is 0 Å². The van der Waals surface area contributed by atoms with E-state index in [1.807, 2.05) is 6.92 Å². The molecule has 2 rings (SSSR count). The second-order valence-electron chi connectivity index (χ2n) is 5.57. The quantitative estimate of drug-likeness (QED) is 0.802. The van der Waals surface area contributed by atoms with E-state index in [0.29, 0.717) is 23.6 Å². The fourth-order valence-corrected chi connectivity index (χ4v) is 2.36. The Labute approximate surface area is 114 Å². The van der Waals surface area contributed by atoms with Crippen LogP contribution >= 0.6 is 0 Å². The smallest absolute Gasteiger partial charge is 0.251 e. The molecule has 1 fully saturated rings. The Hall–Kier alpha value is -1.71. The first-order valence-electron chi connectivity index (χ1n) is 6.84. The number of amides is 1. The molecule has 1 amide bonds. The summed E-state index contributed by atoms with van der Waals surface area (Å²) < 4.78 is 5.40. The number of nitrogens with one attached hydrogen (secondary N) is 1. The van der Waals surface area contributed by atoms with Gasteiger partial charge in [-0.25, -0.2) is 0 Å². The van der Waals surface area contributed by atoms with Gasteiger partial charge in [0.25, 0.3) is 5.91 Å². The summed E-state index contributed by atoms with van der Waals surface area (Å²) in [6.07, 6.45) is 3.64. The number of anilines is 1. The maximum Gasteiger partial charge on any atom is 0.251 e. The lowest BCUT2D eigenvalue weighted by atomic mass is 9.70. The average molecular weight is 262 g/mol. The highest BCUT2D eigenvalue weighted by Gasteiger charge is 2.31. The van der Waals surface area contributed by atoms with Crippen LogP contribution in [0.25, 0.3) is 0 Å². The van der Waals surface area contributed by atoms with Crippen molar-refractivity contribution in [2.24, 2.45) is 5.41 Å². The molecule has 0 aromatic heterocycles. The molecule has 0 aliphatic heterocycles. The minimum Gasteiger partial charge on any atom is -0.494 e. The largest absolute Gasteiger partial charge is 0.494 e. The van der Waals surface area contributed by atoms with Crippen molar-refractivity contribution in [1.82, 2.24) is 5.32 Å². The first kappa shape index (κ1) is 13.7. The number of hydrogen-bond donors (Lipinski definition) is 2. The molecular formula is C15H22N2O2. The van der Waals surface area contributed by atoms with Gasteiger partial charge in [-0.3, -0.25) is 4.79 Å². The first-order chi connectivity index (χ1) is 9.02. The van der Waals surface area contributed by atoms with E-state index in [0.717, 1.165) is 6.54 Å². The highest BCUT2D eigenvalue weighted by molar-refractivity contribution is 5.95. The molecule has 0 bridgehead atoms. The van der Waals surface area contributed by atoms with E-state index < -0.39 is 0 Å². The van der Waals surface area contributed by atoms with Gasteiger partial charge in [-0.2, -0.15) is 0 Å². The number of nitrogens with two attached hydrogens (primary N) is 1. The molecule has 4 nitrogen and oxygen atoms in total. The van der Waals surface area contributed by atoms with E-state index in [2.05, 4.69) is 12.2 Å². The zero-order valence-electron chi connectivity index (χ0n) is 11.7. The molecule has 19 heavy (non-hydrogen) atoms. The Morgan fingerprint density at radius 2 is 2.16 bits per heavy atom. The third-order valence-electron chi connectivity index (χ3n) is 3.74. The second kappa shape index (κ2) is 5.51. The third-order valence-corrected chi connectivity index (χ3v) is 3.74. The maximum atomic E-state index is 12.1. The number of carbonyl (C=O) groups excluding carboxylic acids is 1. The fourth-order valence-electron chi connectivity index (χ4n) is 2.36. The summed E-state index contributed by atoms with van der Waals surface area (Å²) in [5, 5.41) is 2.99. The molecule has 0 radical (unpaired) electrons. The molecule has 0 atom stereocenters. The maximum absolute atomic E-state index is 12.1. The van der Waals surface area contributed by atoms with Crippen LogP contribution in [0.5, 0.6) is 5.75 Å². The number of carbonyl (C=O) groups is 1. The molecule has 1 aliphatic carbocycles. The first-order valence-corrected chi connectivity index (χ1v) is 6.84. The van der Waals surface area contributed by atoms with Crippen LogP contribution in [0, 0.1) is 5.41 Å². The lowest BCUT2D eigenvalue weighted by Gasteiger charge is -2.38. The molecule has 1 saturated carbocycles. The number of rotatable bonds is 5. The zero-order valence-corrected chi connectivity index (χ0v) is 11.7. The molecular weight excluding hydrogens is 240 g/mol. The molecule has 1 aliphatic rings. The van der Waals surface area contributed by atoms with Crippen molar-refractivity contribution in [3.63, 3.8) is 0 Å². The Morgan fingerprint density at radius 3 is 2.74 bits per heavy atom. The molecule has 0 heterocycles. The summed E-state index contributed by atoms with van der Waals surface area (Å²) in [5.41, 5.74) is 7.17. The molecule has 3 N–H and O–H groups in total. The highest BCUT2D eigenvalue weighted by atomic mass is 16.5. The summed E-state index contributed by atoms with van der Waals surface area (Å²) in [6.45, 7) is 5.40. The van der Waals surface area contributed by atoms with Crippen molar-refractivity contribution >= 4 is 11.6 Å². The molecule has 4 heteroatoms. The predicted octanol–water partition coefficient (Wildman–Crippen LogP) is 2.59. The van der Waals surface area contributed by atoms with Gasteiger partial charge in [0.2, 0.25) is 0 Å². The second-order valence-corrected chi connectivity index (χ2v) is 5.57. The minimum atomic E-state index is -0.0821. The molecule has 0 unspecified atom stereocenters. The van der Waals surface area contributed by atoms with Crippen LogP contribution in [0.1, 0.15) is 43.5 Å². The molecule has 0 spiro atoms. The number of nitrogen functional groups attached to an aromatic ring is 1. The van der Waals surface area contributed by atoms with Crippen LogP contribution in [0.4, 0.5) is 5.69 Å². The SMILES string of the molecule is CCOc1cc(N)cc(C(=O)NCC2(C)CCC2)c1. The van der Waals surface area contributed by atoms with Crippen LogP contribution in [0.3, 0.4) is 0 Å². The van der Waals surface area contributed by atoms with Gasteiger partial charge in [0.15, 0.2) is 0 Å². The monoisotopic (exact) mass is 262 g/mol. The van der Waals surface area contributed by atoms with Gasteiger partial charge >= 0.3 is 0 Å². The summed E-state index contributed by atoms with van der Waals surface area (Å²) in [5.74, 6) is 0.559. The molecule has 1 aromatic rings. The van der Waals surface area contributed by atoms with Gasteiger partial charge in [-0.05, 0) is 37.3 Å². The minimum absolute atomic E-state index is 0.0821. The summed E-state index contributed by atoms with van der Waals surface area (Å²) >= 11 is 0. The van der Waals surface area contributed by atoms with Crippen molar-refractivity contribution in [3.05, 3.63) is 23.8 Å². The standard InChI is InChI=1S/C15H22N2O2/c1-3-19-13-8-11(7-12(16)9-13)14(18)17-10-15(2)5-4-6-15/h7-9H,3-6,10,16H2,1-2H3,(H,17,18). The van der Waals surface area contributed by atoms with Crippen molar-refractivity contribution in [1.29, 1.82) is 0 Å². The van der Waals surface area contributed by atoms with E-state index >= 15 is 0 Å². The fraction of sp³-hybridized carbons (Fsp3) is 0.533. The van der Waals surface area contributed by atoms with E-state index in [-0.39, 0.29) is 11.3 Å². The van der Waals surface area contributed by atoms with E-state index in [4.69, 9.17) is 10.5 Å². The highest BCUT2D eigenvalue weighted by Crippen LogP contribution is 2.39. The predicted molar refractivity (Wildman–Crippen MR) is 76.3 cm³/mol. The van der Waals surface area contributed by atoms with Crippen LogP contribution in [-0.4, -0.2) is 19.1 Å². The molecule has 104 valence electrons. The third kappa shape index (κ3) is 3.40. The summed E-state index contributed by atoms with van der Waals surface area (Å²) in [7, 11) is 0. The topological polar surface area (TPSA) is 64.3 Å². The molecule has 0 saturated heterocycles. The average Bonchev–Trinajstić information content (AvgIpc) is 2.33. The molecule has 1 aromatic carbocycles. The van der Waals surface area contributed by atoms with Crippen LogP contribution in [0.15, 0.2) is 18.2 Å². The normalized spacial score (nSPS) is 16.5. The number of hydrogen-bond acceptors (Lipinski definition) is 3. The van der Waals surface area contributed by atoms with E-state index in [1.54, 1.807) is 18.2 Å². The van der Waals surface area contributed by atoms with E-state index in [9.17, 15) is 4.79 Å². The summed E-state index contributed by atoms with van der Waals surface area (Å²) in [4.78, 5) is 12.1.